The summed E-state index contributed by atoms with van der Waals surface area (Å²) in [6.45, 7) is 0. The number of nitrogens with two attached hydrogens (primary N) is 1. The molecule has 0 aliphatic carbocycles. The minimum Gasteiger partial charge on any atom is -0.504 e. The fraction of sp³-hybridized carbons (Fsp3) is 0. The van der Waals surface area contributed by atoms with Crippen molar-refractivity contribution in [3.05, 3.63) is 18.0 Å². The molecule has 0 unspecified atom stereocenters. The summed E-state index contributed by atoms with van der Waals surface area (Å²) >= 11 is 0. The summed E-state index contributed by atoms with van der Waals surface area (Å²) in [5.41, 5.74) is 5.38. The molecule has 10 heavy (non-hydrogen) atoms. The highest BCUT2D eigenvalue weighted by atomic mass is 16.3. The number of anilines is 1. The SMILES string of the molecule is Nc1ccnc(C=O)c1O. The van der Waals surface area contributed by atoms with Crippen LogP contribution in [-0.4, -0.2) is 16.4 Å². The van der Waals surface area contributed by atoms with Crippen LogP contribution in [0.1, 0.15) is 10.5 Å². The Bertz CT molecular complexity index is 260. The lowest BCUT2D eigenvalue weighted by Gasteiger charge is -1.97. The smallest absolute Gasteiger partial charge is 0.172 e. The first-order valence-corrected chi connectivity index (χ1v) is 2.64. The van der Waals surface area contributed by atoms with E-state index >= 15 is 0 Å². The van der Waals surface area contributed by atoms with Crippen LogP contribution in [0.25, 0.3) is 0 Å². The number of hydrogen-bond acceptors (Lipinski definition) is 4. The molecule has 1 rings (SSSR count). The van der Waals surface area contributed by atoms with Gasteiger partial charge in [-0.05, 0) is 6.07 Å². The predicted molar refractivity (Wildman–Crippen MR) is 35.7 cm³/mol. The van der Waals surface area contributed by atoms with E-state index in [0.29, 0.717) is 6.29 Å². The van der Waals surface area contributed by atoms with Crippen LogP contribution < -0.4 is 5.73 Å². The van der Waals surface area contributed by atoms with Crippen LogP contribution in [-0.2, 0) is 0 Å². The van der Waals surface area contributed by atoms with E-state index < -0.39 is 0 Å². The molecule has 0 bridgehead atoms. The molecule has 1 aromatic rings. The number of nitrogen functional groups attached to an aromatic ring is 1. The lowest BCUT2D eigenvalue weighted by Crippen LogP contribution is -1.92. The minimum atomic E-state index is -0.252. The molecule has 0 atom stereocenters. The number of rotatable bonds is 1. The number of nitrogens with zero attached hydrogens (tertiary/aromatic N) is 1. The highest BCUT2D eigenvalue weighted by Gasteiger charge is 2.02. The summed E-state index contributed by atoms with van der Waals surface area (Å²) in [5, 5.41) is 8.98. The van der Waals surface area contributed by atoms with E-state index in [9.17, 15) is 4.79 Å². The number of hydrogen-bond donors (Lipinski definition) is 2. The standard InChI is InChI=1S/C6H6N2O2/c7-4-1-2-8-5(3-9)6(4)10/h1-3,10H,(H2,7,8). The third-order valence-corrected chi connectivity index (χ3v) is 1.10. The predicted octanol–water partition coefficient (Wildman–Crippen LogP) is 0.182. The zero-order valence-electron chi connectivity index (χ0n) is 5.11. The van der Waals surface area contributed by atoms with Crippen LogP contribution in [0.15, 0.2) is 12.3 Å². The highest BCUT2D eigenvalue weighted by Crippen LogP contribution is 2.19. The number of aromatic nitrogens is 1. The zero-order valence-corrected chi connectivity index (χ0v) is 5.11. The van der Waals surface area contributed by atoms with E-state index in [-0.39, 0.29) is 17.1 Å². The molecule has 0 saturated carbocycles. The van der Waals surface area contributed by atoms with Crippen LogP contribution in [0, 0.1) is 0 Å². The summed E-state index contributed by atoms with van der Waals surface area (Å²) < 4.78 is 0. The van der Waals surface area contributed by atoms with Crippen molar-refractivity contribution in [1.82, 2.24) is 4.98 Å². The van der Waals surface area contributed by atoms with Gasteiger partial charge < -0.3 is 10.8 Å². The molecule has 0 amide bonds. The first-order valence-electron chi connectivity index (χ1n) is 2.64. The van der Waals surface area contributed by atoms with Gasteiger partial charge in [-0.2, -0.15) is 0 Å². The summed E-state index contributed by atoms with van der Waals surface area (Å²) in [7, 11) is 0. The molecule has 3 N–H and O–H groups in total. The van der Waals surface area contributed by atoms with Crippen LogP contribution in [0.4, 0.5) is 5.69 Å². The molecular formula is C6H6N2O2. The summed E-state index contributed by atoms with van der Waals surface area (Å²) in [6.07, 6.45) is 1.81. The van der Waals surface area contributed by atoms with Gasteiger partial charge in [0.05, 0.1) is 5.69 Å². The molecule has 0 aromatic carbocycles. The van der Waals surface area contributed by atoms with E-state index in [1.54, 1.807) is 0 Å². The van der Waals surface area contributed by atoms with E-state index in [0.717, 1.165) is 0 Å². The Kier molecular flexibility index (Phi) is 1.53. The Labute approximate surface area is 57.3 Å². The molecule has 0 aliphatic rings. The zero-order chi connectivity index (χ0) is 7.56. The Hall–Kier alpha value is -1.58. The van der Waals surface area contributed by atoms with Crippen molar-refractivity contribution >= 4 is 12.0 Å². The minimum absolute atomic E-state index is 0.0278. The fourth-order valence-electron chi connectivity index (χ4n) is 0.572. The number of aromatic hydroxyl groups is 1. The van der Waals surface area contributed by atoms with Crippen LogP contribution in [0.3, 0.4) is 0 Å². The number of pyridine rings is 1. The largest absolute Gasteiger partial charge is 0.504 e. The molecule has 4 heteroatoms. The quantitative estimate of drug-likeness (QED) is 0.543. The van der Waals surface area contributed by atoms with Gasteiger partial charge in [-0.15, -0.1) is 0 Å². The van der Waals surface area contributed by atoms with Gasteiger partial charge in [0.2, 0.25) is 0 Å². The van der Waals surface area contributed by atoms with Gasteiger partial charge >= 0.3 is 0 Å². The fourth-order valence-corrected chi connectivity index (χ4v) is 0.572. The van der Waals surface area contributed by atoms with E-state index in [1.807, 2.05) is 0 Å². The Morgan fingerprint density at radius 3 is 2.90 bits per heavy atom. The Morgan fingerprint density at radius 2 is 2.40 bits per heavy atom. The Morgan fingerprint density at radius 1 is 1.70 bits per heavy atom. The monoisotopic (exact) mass is 138 g/mol. The first kappa shape index (κ1) is 6.54. The van der Waals surface area contributed by atoms with E-state index in [2.05, 4.69) is 4.98 Å². The van der Waals surface area contributed by atoms with Crippen molar-refractivity contribution in [2.45, 2.75) is 0 Å². The molecule has 1 aromatic heterocycles. The molecule has 1 heterocycles. The molecule has 52 valence electrons. The van der Waals surface area contributed by atoms with Gasteiger partial charge in [-0.3, -0.25) is 4.79 Å². The molecule has 0 radical (unpaired) electrons. The third-order valence-electron chi connectivity index (χ3n) is 1.10. The van der Waals surface area contributed by atoms with Gasteiger partial charge in [0.25, 0.3) is 0 Å². The molecular weight excluding hydrogens is 132 g/mol. The average Bonchev–Trinajstić information content (AvgIpc) is 1.95. The normalized spacial score (nSPS) is 9.20. The van der Waals surface area contributed by atoms with Crippen molar-refractivity contribution in [1.29, 1.82) is 0 Å². The van der Waals surface area contributed by atoms with Crippen molar-refractivity contribution in [3.8, 4) is 5.75 Å². The second-order valence-corrected chi connectivity index (χ2v) is 1.75. The molecule has 0 aliphatic heterocycles. The van der Waals surface area contributed by atoms with Crippen molar-refractivity contribution in [3.63, 3.8) is 0 Å². The average molecular weight is 138 g/mol. The molecule has 0 saturated heterocycles. The second-order valence-electron chi connectivity index (χ2n) is 1.75. The molecule has 4 nitrogen and oxygen atoms in total. The van der Waals surface area contributed by atoms with Crippen LogP contribution in [0.5, 0.6) is 5.75 Å². The molecule has 0 spiro atoms. The molecule has 0 fully saturated rings. The second kappa shape index (κ2) is 2.34. The number of carbonyl (C=O) groups is 1. The first-order chi connectivity index (χ1) is 4.75. The highest BCUT2D eigenvalue weighted by molar-refractivity contribution is 5.79. The maximum absolute atomic E-state index is 10.1. The maximum atomic E-state index is 10.1. The van der Waals surface area contributed by atoms with E-state index in [1.165, 1.54) is 12.3 Å². The summed E-state index contributed by atoms with van der Waals surface area (Å²) in [6, 6.07) is 1.42. The number of carbonyl (C=O) groups excluding carboxylic acids is 1. The van der Waals surface area contributed by atoms with Crippen molar-refractivity contribution in [2.75, 3.05) is 5.73 Å². The van der Waals surface area contributed by atoms with E-state index in [4.69, 9.17) is 10.8 Å². The Balaban J connectivity index is 3.27. The topological polar surface area (TPSA) is 76.2 Å². The summed E-state index contributed by atoms with van der Waals surface area (Å²) in [5.74, 6) is -0.252. The van der Waals surface area contributed by atoms with Gasteiger partial charge in [0.15, 0.2) is 12.0 Å². The van der Waals surface area contributed by atoms with Crippen molar-refractivity contribution in [2.24, 2.45) is 0 Å². The van der Waals surface area contributed by atoms with Crippen LogP contribution in [0.2, 0.25) is 0 Å². The maximum Gasteiger partial charge on any atom is 0.172 e. The lowest BCUT2D eigenvalue weighted by atomic mass is 10.3. The lowest BCUT2D eigenvalue weighted by molar-refractivity contribution is 0.111. The summed E-state index contributed by atoms with van der Waals surface area (Å²) in [4.78, 5) is 13.7. The third kappa shape index (κ3) is 0.907. The van der Waals surface area contributed by atoms with Gasteiger partial charge in [0, 0.05) is 6.20 Å². The number of aldehydes is 1. The van der Waals surface area contributed by atoms with Gasteiger partial charge in [-0.1, -0.05) is 0 Å². The van der Waals surface area contributed by atoms with Crippen molar-refractivity contribution < 1.29 is 9.90 Å². The van der Waals surface area contributed by atoms with Gasteiger partial charge in [0.1, 0.15) is 5.69 Å². The van der Waals surface area contributed by atoms with Crippen LogP contribution >= 0.6 is 0 Å². The van der Waals surface area contributed by atoms with Gasteiger partial charge in [-0.25, -0.2) is 4.98 Å².